The normalized spacial score (nSPS) is 12.6. The zero-order valence-corrected chi connectivity index (χ0v) is 25.5. The molecule has 0 bridgehead atoms. The summed E-state index contributed by atoms with van der Waals surface area (Å²) >= 11 is 0. The second-order valence-electron chi connectivity index (χ2n) is 10.6. The van der Waals surface area contributed by atoms with Gasteiger partial charge in [-0.15, -0.1) is 0 Å². The van der Waals surface area contributed by atoms with Crippen LogP contribution in [0.4, 0.5) is 17.3 Å². The average Bonchev–Trinajstić information content (AvgIpc) is 3.51. The number of aromatic nitrogens is 2. The van der Waals surface area contributed by atoms with Crippen LogP contribution in [0, 0.1) is 0 Å². The first kappa shape index (κ1) is 31.3. The molecule has 3 heterocycles. The van der Waals surface area contributed by atoms with Gasteiger partial charge in [0.25, 0.3) is 5.91 Å². The van der Waals surface area contributed by atoms with Crippen molar-refractivity contribution in [1.82, 2.24) is 9.97 Å². The van der Waals surface area contributed by atoms with E-state index in [1.54, 1.807) is 18.5 Å². The van der Waals surface area contributed by atoms with Gasteiger partial charge in [-0.3, -0.25) is 4.79 Å². The summed E-state index contributed by atoms with van der Waals surface area (Å²) in [5, 5.41) is 6.37. The van der Waals surface area contributed by atoms with Crippen LogP contribution in [0.25, 0.3) is 5.57 Å². The van der Waals surface area contributed by atoms with Crippen LogP contribution in [0.1, 0.15) is 73.5 Å². The first-order valence-electron chi connectivity index (χ1n) is 15.0. The third-order valence-electron chi connectivity index (χ3n) is 7.28. The molecule has 9 heteroatoms. The van der Waals surface area contributed by atoms with Gasteiger partial charge in [0.2, 0.25) is 0 Å². The average molecular weight is 582 g/mol. The highest BCUT2D eigenvalue weighted by molar-refractivity contribution is 6.03. The molecule has 3 aromatic rings. The molecule has 0 aliphatic carbocycles. The van der Waals surface area contributed by atoms with E-state index in [1.165, 1.54) is 0 Å². The largest absolute Gasteiger partial charge is 0.492 e. The molecule has 1 aliphatic rings. The zero-order chi connectivity index (χ0) is 30.6. The molecule has 0 saturated heterocycles. The lowest BCUT2D eigenvalue weighted by Gasteiger charge is -2.24. The third kappa shape index (κ3) is 8.67. The number of fused-ring (bicyclic) bond motifs is 1. The molecule has 1 amide bonds. The fourth-order valence-electron chi connectivity index (χ4n) is 4.87. The Bertz CT molecular complexity index is 1460. The van der Waals surface area contributed by atoms with Gasteiger partial charge in [-0.2, -0.15) is 0 Å². The summed E-state index contributed by atoms with van der Waals surface area (Å²) in [7, 11) is 0. The number of rotatable bonds is 15. The van der Waals surface area contributed by atoms with E-state index < -0.39 is 0 Å². The van der Waals surface area contributed by atoms with Crippen LogP contribution in [0.3, 0.4) is 0 Å². The van der Waals surface area contributed by atoms with Crippen molar-refractivity contribution >= 4 is 35.0 Å². The standard InChI is InChI=1S/C34H43N7O2/c1-5-7-17-41(18-8-6-2)28-12-13-31(37-22-28)40-34(42)27-11-9-10-26(20-27)21-38-33-29-15-19-43-32(29)30(23-39-33)24(3)14-16-36-25(4)35/h9-14,16,20,22-23H,4-8,15,17-19,21,35H2,1-3H3,(H,38,39)(H,37,40,42)/b24-14+,36-16-. The molecule has 0 radical (unpaired) electrons. The third-order valence-corrected chi connectivity index (χ3v) is 7.28. The lowest BCUT2D eigenvalue weighted by molar-refractivity contribution is 0.102. The number of carbonyl (C=O) groups is 1. The van der Waals surface area contributed by atoms with Crippen molar-refractivity contribution in [3.8, 4) is 5.75 Å². The summed E-state index contributed by atoms with van der Waals surface area (Å²) in [5.74, 6) is 2.20. The van der Waals surface area contributed by atoms with Gasteiger partial charge in [0.15, 0.2) is 0 Å². The minimum absolute atomic E-state index is 0.197. The molecule has 4 rings (SSSR count). The van der Waals surface area contributed by atoms with E-state index in [0.29, 0.717) is 24.5 Å². The number of anilines is 3. The molecule has 0 saturated carbocycles. The molecule has 9 nitrogen and oxygen atoms in total. The molecule has 226 valence electrons. The lowest BCUT2D eigenvalue weighted by Crippen LogP contribution is -2.25. The van der Waals surface area contributed by atoms with Crippen molar-refractivity contribution in [3.63, 3.8) is 0 Å². The molecule has 0 atom stereocenters. The quantitative estimate of drug-likeness (QED) is 0.173. The molecule has 0 unspecified atom stereocenters. The number of hydrogen-bond acceptors (Lipinski definition) is 8. The summed E-state index contributed by atoms with van der Waals surface area (Å²) in [6, 6.07) is 11.5. The Hall–Kier alpha value is -4.66. The number of nitrogens with two attached hydrogens (primary N) is 1. The molecule has 1 aliphatic heterocycles. The van der Waals surface area contributed by atoms with E-state index in [0.717, 1.165) is 84.7 Å². The molecule has 0 spiro atoms. The SMILES string of the molecule is C=C(N)/N=C\C=C(/C)c1cnc(NCc2cccc(C(=O)Nc3ccc(N(CCCC)CCCC)cn3)c2)c2c1OCC2. The Morgan fingerprint density at radius 2 is 1.93 bits per heavy atom. The van der Waals surface area contributed by atoms with E-state index in [2.05, 4.69) is 50.9 Å². The Kier molecular flexibility index (Phi) is 11.3. The number of allylic oxidation sites excluding steroid dienone is 2. The van der Waals surface area contributed by atoms with Crippen molar-refractivity contribution < 1.29 is 9.53 Å². The van der Waals surface area contributed by atoms with E-state index in [1.807, 2.05) is 49.5 Å². The highest BCUT2D eigenvalue weighted by Crippen LogP contribution is 2.37. The maximum Gasteiger partial charge on any atom is 0.256 e. The second kappa shape index (κ2) is 15.5. The van der Waals surface area contributed by atoms with Gasteiger partial charge < -0.3 is 26.0 Å². The number of pyridine rings is 2. The fourth-order valence-corrected chi connectivity index (χ4v) is 4.87. The minimum atomic E-state index is -0.197. The van der Waals surface area contributed by atoms with Crippen LogP contribution in [-0.4, -0.2) is 41.8 Å². The summed E-state index contributed by atoms with van der Waals surface area (Å²) in [6.45, 7) is 13.1. The Morgan fingerprint density at radius 1 is 1.14 bits per heavy atom. The number of aliphatic imine (C=N–C) groups is 1. The number of hydrogen-bond donors (Lipinski definition) is 3. The number of nitrogens with one attached hydrogen (secondary N) is 2. The predicted molar refractivity (Wildman–Crippen MR) is 177 cm³/mol. The maximum absolute atomic E-state index is 13.1. The topological polar surface area (TPSA) is 118 Å². The summed E-state index contributed by atoms with van der Waals surface area (Å²) in [4.78, 5) is 28.7. The van der Waals surface area contributed by atoms with Crippen molar-refractivity contribution in [2.45, 2.75) is 59.4 Å². The maximum atomic E-state index is 13.1. The first-order valence-corrected chi connectivity index (χ1v) is 15.0. The summed E-state index contributed by atoms with van der Waals surface area (Å²) < 4.78 is 5.96. The second-order valence-corrected chi connectivity index (χ2v) is 10.6. The van der Waals surface area contributed by atoms with Gasteiger partial charge in [0.1, 0.15) is 23.2 Å². The molecule has 2 aromatic heterocycles. The number of unbranched alkanes of at least 4 members (excludes halogenated alkanes) is 2. The van der Waals surface area contributed by atoms with Crippen LogP contribution >= 0.6 is 0 Å². The van der Waals surface area contributed by atoms with Crippen molar-refractivity contribution in [2.75, 3.05) is 35.2 Å². The smallest absolute Gasteiger partial charge is 0.256 e. The highest BCUT2D eigenvalue weighted by atomic mass is 16.5. The van der Waals surface area contributed by atoms with Crippen LogP contribution in [0.2, 0.25) is 0 Å². The van der Waals surface area contributed by atoms with Gasteiger partial charge in [-0.25, -0.2) is 15.0 Å². The van der Waals surface area contributed by atoms with Crippen LogP contribution in [0.15, 0.2) is 72.3 Å². The zero-order valence-electron chi connectivity index (χ0n) is 25.5. The first-order chi connectivity index (χ1) is 20.9. The number of carbonyl (C=O) groups excluding carboxylic acids is 1. The Morgan fingerprint density at radius 3 is 2.63 bits per heavy atom. The molecule has 1 aromatic carbocycles. The molecular formula is C34H43N7O2. The van der Waals surface area contributed by atoms with Crippen molar-refractivity contribution in [3.05, 3.63) is 89.5 Å². The van der Waals surface area contributed by atoms with Crippen LogP contribution in [-0.2, 0) is 13.0 Å². The molecule has 0 fully saturated rings. The number of benzene rings is 1. The minimum Gasteiger partial charge on any atom is -0.492 e. The van der Waals surface area contributed by atoms with Crippen LogP contribution in [0.5, 0.6) is 5.75 Å². The molecule has 43 heavy (non-hydrogen) atoms. The van der Waals surface area contributed by atoms with Crippen molar-refractivity contribution in [2.24, 2.45) is 10.7 Å². The lowest BCUT2D eigenvalue weighted by atomic mass is 10.0. The van der Waals surface area contributed by atoms with Crippen LogP contribution < -0.4 is 26.0 Å². The van der Waals surface area contributed by atoms with Gasteiger partial charge in [0.05, 0.1) is 18.5 Å². The van der Waals surface area contributed by atoms with E-state index in [9.17, 15) is 4.79 Å². The number of ether oxygens (including phenoxy) is 1. The Balaban J connectivity index is 1.40. The van der Waals surface area contributed by atoms with E-state index in [4.69, 9.17) is 10.5 Å². The highest BCUT2D eigenvalue weighted by Gasteiger charge is 2.22. The number of amides is 1. The number of nitrogens with zero attached hydrogens (tertiary/aromatic N) is 4. The summed E-state index contributed by atoms with van der Waals surface area (Å²) in [5.41, 5.74) is 11.1. The van der Waals surface area contributed by atoms with Gasteiger partial charge in [-0.1, -0.05) is 45.4 Å². The van der Waals surface area contributed by atoms with E-state index in [-0.39, 0.29) is 11.7 Å². The monoisotopic (exact) mass is 581 g/mol. The Labute approximate surface area is 255 Å². The van der Waals surface area contributed by atoms with Gasteiger partial charge >= 0.3 is 0 Å². The fraction of sp³-hybridized carbons (Fsp3) is 0.353. The summed E-state index contributed by atoms with van der Waals surface area (Å²) in [6.07, 6.45) is 12.5. The predicted octanol–water partition coefficient (Wildman–Crippen LogP) is 6.59. The van der Waals surface area contributed by atoms with Crippen molar-refractivity contribution in [1.29, 1.82) is 0 Å². The van der Waals surface area contributed by atoms with E-state index >= 15 is 0 Å². The molecule has 4 N–H and O–H groups in total. The van der Waals surface area contributed by atoms with Gasteiger partial charge in [-0.05, 0) is 61.2 Å². The molecular weight excluding hydrogens is 538 g/mol. The van der Waals surface area contributed by atoms with Gasteiger partial charge in [0, 0.05) is 55.2 Å².